The topological polar surface area (TPSA) is 52.7 Å². The second-order valence-electron chi connectivity index (χ2n) is 7.60. The van der Waals surface area contributed by atoms with Gasteiger partial charge in [0.2, 0.25) is 11.8 Å². The van der Waals surface area contributed by atoms with E-state index in [2.05, 4.69) is 22.3 Å². The lowest BCUT2D eigenvalue weighted by Crippen LogP contribution is -2.43. The molecule has 136 valence electrons. The number of nitrogens with one attached hydrogen (secondary N) is 1. The summed E-state index contributed by atoms with van der Waals surface area (Å²) in [4.78, 5) is 28.7. The van der Waals surface area contributed by atoms with E-state index in [1.807, 2.05) is 31.1 Å². The molecule has 3 rings (SSSR count). The maximum absolute atomic E-state index is 12.5. The SMILES string of the molecule is CN(C)Cc1ccccc1CNC(=O)C1CCN(C(=O)C2CC2)CC1. The molecule has 2 amide bonds. The molecule has 0 spiro atoms. The predicted molar refractivity (Wildman–Crippen MR) is 97.7 cm³/mol. The second kappa shape index (κ2) is 8.00. The minimum absolute atomic E-state index is 0.0317. The van der Waals surface area contributed by atoms with E-state index >= 15 is 0 Å². The number of hydrogen-bond donors (Lipinski definition) is 1. The Morgan fingerprint density at radius 2 is 1.68 bits per heavy atom. The third kappa shape index (κ3) is 4.82. The molecule has 5 nitrogen and oxygen atoms in total. The van der Waals surface area contributed by atoms with Gasteiger partial charge in [0.1, 0.15) is 0 Å². The Morgan fingerprint density at radius 3 is 2.28 bits per heavy atom. The molecule has 0 atom stereocenters. The van der Waals surface area contributed by atoms with Crippen LogP contribution in [-0.2, 0) is 22.7 Å². The lowest BCUT2D eigenvalue weighted by Gasteiger charge is -2.31. The molecule has 1 aromatic carbocycles. The molecule has 1 N–H and O–H groups in total. The van der Waals surface area contributed by atoms with Crippen LogP contribution in [0, 0.1) is 11.8 Å². The zero-order valence-corrected chi connectivity index (χ0v) is 15.3. The molecule has 1 aliphatic carbocycles. The Labute approximate surface area is 150 Å². The Hall–Kier alpha value is -1.88. The van der Waals surface area contributed by atoms with Crippen molar-refractivity contribution in [2.45, 2.75) is 38.8 Å². The molecule has 25 heavy (non-hydrogen) atoms. The largest absolute Gasteiger partial charge is 0.352 e. The van der Waals surface area contributed by atoms with Crippen molar-refractivity contribution in [3.05, 3.63) is 35.4 Å². The summed E-state index contributed by atoms with van der Waals surface area (Å²) < 4.78 is 0. The van der Waals surface area contributed by atoms with E-state index in [-0.39, 0.29) is 17.7 Å². The van der Waals surface area contributed by atoms with Crippen LogP contribution in [0.4, 0.5) is 0 Å². The van der Waals surface area contributed by atoms with Gasteiger partial charge in [-0.2, -0.15) is 0 Å². The van der Waals surface area contributed by atoms with Gasteiger partial charge in [-0.1, -0.05) is 24.3 Å². The molecular weight excluding hydrogens is 314 g/mol. The second-order valence-corrected chi connectivity index (χ2v) is 7.60. The van der Waals surface area contributed by atoms with Gasteiger partial charge in [0.05, 0.1) is 0 Å². The monoisotopic (exact) mass is 343 g/mol. The number of carbonyl (C=O) groups excluding carboxylic acids is 2. The van der Waals surface area contributed by atoms with Crippen LogP contribution < -0.4 is 5.32 Å². The normalized spacial score (nSPS) is 18.4. The number of rotatable bonds is 6. The number of carbonyl (C=O) groups is 2. The molecule has 2 fully saturated rings. The minimum Gasteiger partial charge on any atom is -0.352 e. The predicted octanol–water partition coefficient (Wildman–Crippen LogP) is 2.01. The summed E-state index contributed by atoms with van der Waals surface area (Å²) in [7, 11) is 4.10. The number of likely N-dealkylation sites (tertiary alicyclic amines) is 1. The van der Waals surface area contributed by atoms with Crippen molar-refractivity contribution in [2.24, 2.45) is 11.8 Å². The summed E-state index contributed by atoms with van der Waals surface area (Å²) in [5.41, 5.74) is 2.42. The summed E-state index contributed by atoms with van der Waals surface area (Å²) >= 11 is 0. The van der Waals surface area contributed by atoms with Gasteiger partial charge in [0, 0.05) is 38.0 Å². The Bertz CT molecular complexity index is 617. The molecule has 0 unspecified atom stereocenters. The highest BCUT2D eigenvalue weighted by atomic mass is 16.2. The van der Waals surface area contributed by atoms with Crippen molar-refractivity contribution in [3.63, 3.8) is 0 Å². The lowest BCUT2D eigenvalue weighted by atomic mass is 9.95. The molecule has 0 aromatic heterocycles. The van der Waals surface area contributed by atoms with Crippen LogP contribution in [0.5, 0.6) is 0 Å². The Balaban J connectivity index is 1.48. The first-order valence-corrected chi connectivity index (χ1v) is 9.32. The molecule has 1 aromatic rings. The van der Waals surface area contributed by atoms with E-state index < -0.39 is 0 Å². The first kappa shape index (κ1) is 17.9. The third-order valence-corrected chi connectivity index (χ3v) is 5.16. The summed E-state index contributed by atoms with van der Waals surface area (Å²) in [5, 5.41) is 3.10. The van der Waals surface area contributed by atoms with E-state index in [1.165, 1.54) is 11.1 Å². The Kier molecular flexibility index (Phi) is 5.74. The van der Waals surface area contributed by atoms with Crippen LogP contribution in [0.1, 0.15) is 36.8 Å². The van der Waals surface area contributed by atoms with Gasteiger partial charge in [-0.05, 0) is 50.9 Å². The highest BCUT2D eigenvalue weighted by Gasteiger charge is 2.35. The number of benzene rings is 1. The number of amides is 2. The summed E-state index contributed by atoms with van der Waals surface area (Å²) in [6.07, 6.45) is 3.66. The molecule has 5 heteroatoms. The van der Waals surface area contributed by atoms with Crippen molar-refractivity contribution in [1.29, 1.82) is 0 Å². The van der Waals surface area contributed by atoms with E-state index in [0.29, 0.717) is 12.5 Å². The van der Waals surface area contributed by atoms with Gasteiger partial charge in [-0.15, -0.1) is 0 Å². The fourth-order valence-electron chi connectivity index (χ4n) is 3.50. The first-order chi connectivity index (χ1) is 12.0. The fraction of sp³-hybridized carbons (Fsp3) is 0.600. The lowest BCUT2D eigenvalue weighted by molar-refractivity contribution is -0.136. The summed E-state index contributed by atoms with van der Waals surface area (Å²) in [5.74, 6) is 0.734. The van der Waals surface area contributed by atoms with E-state index in [1.54, 1.807) is 0 Å². The average molecular weight is 343 g/mol. The van der Waals surface area contributed by atoms with Crippen LogP contribution >= 0.6 is 0 Å². The quantitative estimate of drug-likeness (QED) is 0.860. The standard InChI is InChI=1S/C20H29N3O2/c1-22(2)14-18-6-4-3-5-17(18)13-21-19(24)15-9-11-23(12-10-15)20(25)16-7-8-16/h3-6,15-16H,7-14H2,1-2H3,(H,21,24). The van der Waals surface area contributed by atoms with Crippen LogP contribution in [0.25, 0.3) is 0 Å². The molecule has 2 aliphatic rings. The molecule has 1 heterocycles. The van der Waals surface area contributed by atoms with E-state index in [4.69, 9.17) is 0 Å². The van der Waals surface area contributed by atoms with Gasteiger partial charge in [-0.25, -0.2) is 0 Å². The highest BCUT2D eigenvalue weighted by Crippen LogP contribution is 2.32. The highest BCUT2D eigenvalue weighted by molar-refractivity contribution is 5.82. The molecular formula is C20H29N3O2. The average Bonchev–Trinajstić information content (AvgIpc) is 3.45. The van der Waals surface area contributed by atoms with Gasteiger partial charge in [-0.3, -0.25) is 9.59 Å². The Morgan fingerprint density at radius 1 is 1.04 bits per heavy atom. The maximum Gasteiger partial charge on any atom is 0.225 e. The van der Waals surface area contributed by atoms with Gasteiger partial charge in [0.25, 0.3) is 0 Å². The number of hydrogen-bond acceptors (Lipinski definition) is 3. The molecule has 1 saturated carbocycles. The van der Waals surface area contributed by atoms with Gasteiger partial charge < -0.3 is 15.1 Å². The van der Waals surface area contributed by atoms with Crippen LogP contribution in [0.3, 0.4) is 0 Å². The fourth-order valence-corrected chi connectivity index (χ4v) is 3.50. The van der Waals surface area contributed by atoms with Crippen LogP contribution in [0.15, 0.2) is 24.3 Å². The number of piperidine rings is 1. The summed E-state index contributed by atoms with van der Waals surface area (Å²) in [6, 6.07) is 8.25. The zero-order chi connectivity index (χ0) is 17.8. The van der Waals surface area contributed by atoms with Crippen molar-refractivity contribution in [2.75, 3.05) is 27.2 Å². The molecule has 1 aliphatic heterocycles. The van der Waals surface area contributed by atoms with Gasteiger partial charge in [0.15, 0.2) is 0 Å². The van der Waals surface area contributed by atoms with Crippen molar-refractivity contribution in [3.8, 4) is 0 Å². The smallest absolute Gasteiger partial charge is 0.225 e. The zero-order valence-electron chi connectivity index (χ0n) is 15.3. The first-order valence-electron chi connectivity index (χ1n) is 9.32. The third-order valence-electron chi connectivity index (χ3n) is 5.16. The van der Waals surface area contributed by atoms with Crippen LogP contribution in [-0.4, -0.2) is 48.8 Å². The minimum atomic E-state index is 0.0317. The number of nitrogens with zero attached hydrogens (tertiary/aromatic N) is 2. The summed E-state index contributed by atoms with van der Waals surface area (Å²) in [6.45, 7) is 2.90. The molecule has 1 saturated heterocycles. The van der Waals surface area contributed by atoms with Crippen LogP contribution in [0.2, 0.25) is 0 Å². The van der Waals surface area contributed by atoms with E-state index in [0.717, 1.165) is 45.3 Å². The van der Waals surface area contributed by atoms with Gasteiger partial charge >= 0.3 is 0 Å². The van der Waals surface area contributed by atoms with Crippen molar-refractivity contribution < 1.29 is 9.59 Å². The maximum atomic E-state index is 12.5. The molecule has 0 bridgehead atoms. The van der Waals surface area contributed by atoms with E-state index in [9.17, 15) is 9.59 Å². The van der Waals surface area contributed by atoms with Crippen molar-refractivity contribution >= 4 is 11.8 Å². The molecule has 0 radical (unpaired) electrons. The van der Waals surface area contributed by atoms with Crippen molar-refractivity contribution in [1.82, 2.24) is 15.1 Å².